The lowest BCUT2D eigenvalue weighted by Gasteiger charge is -2.01. The molecule has 0 fully saturated rings. The number of Topliss-reactive ketones (excluding diaryl/α,β-unsaturated/α-hetero) is 1. The van der Waals surface area contributed by atoms with Gasteiger partial charge in [-0.3, -0.25) is 4.79 Å². The fraction of sp³-hybridized carbons (Fsp3) is 0.167. The topological polar surface area (TPSA) is 55.1 Å². The molecule has 0 spiro atoms. The van der Waals surface area contributed by atoms with E-state index >= 15 is 0 Å². The van der Waals surface area contributed by atoms with Crippen LogP contribution in [0.3, 0.4) is 0 Å². The first-order valence-corrected chi connectivity index (χ1v) is 5.15. The van der Waals surface area contributed by atoms with Gasteiger partial charge in [-0.25, -0.2) is 4.68 Å². The van der Waals surface area contributed by atoms with Crippen LogP contribution in [-0.2, 0) is 6.42 Å². The Morgan fingerprint density at radius 3 is 2.62 bits per heavy atom. The normalized spacial score (nSPS) is 14.1. The number of ketones is 1. The average Bonchev–Trinajstić information content (AvgIpc) is 2.83. The van der Waals surface area contributed by atoms with Gasteiger partial charge >= 0.3 is 0 Å². The Bertz CT molecular complexity index is 555. The van der Waals surface area contributed by atoms with Crippen LogP contribution < -0.4 is 0 Å². The van der Waals surface area contributed by atoms with Gasteiger partial charge in [-0.15, -0.1) is 0 Å². The van der Waals surface area contributed by atoms with Gasteiger partial charge in [-0.05, 0) is 30.7 Å². The van der Waals surface area contributed by atoms with Gasteiger partial charge in [0.2, 0.25) is 0 Å². The Hall–Kier alpha value is -2.10. The third kappa shape index (κ3) is 1.31. The van der Waals surface area contributed by atoms with Crippen molar-refractivity contribution in [1.29, 1.82) is 0 Å². The summed E-state index contributed by atoms with van der Waals surface area (Å²) in [5.41, 5.74) is 2.45. The van der Waals surface area contributed by atoms with Gasteiger partial charge in [0, 0.05) is 18.2 Å². The van der Waals surface area contributed by atoms with E-state index in [1.54, 1.807) is 28.9 Å². The Morgan fingerprint density at radius 1 is 1.19 bits per heavy atom. The molecule has 1 aliphatic carbocycles. The van der Waals surface area contributed by atoms with E-state index in [0.29, 0.717) is 12.1 Å². The average molecular weight is 214 g/mol. The van der Waals surface area contributed by atoms with Gasteiger partial charge < -0.3 is 5.11 Å². The summed E-state index contributed by atoms with van der Waals surface area (Å²) in [5.74, 6) is 0.340. The van der Waals surface area contributed by atoms with Crippen molar-refractivity contribution in [2.24, 2.45) is 0 Å². The molecule has 0 saturated heterocycles. The fourth-order valence-electron chi connectivity index (χ4n) is 1.93. The van der Waals surface area contributed by atoms with E-state index in [-0.39, 0.29) is 11.5 Å². The van der Waals surface area contributed by atoms with Crippen molar-refractivity contribution in [3.63, 3.8) is 0 Å². The van der Waals surface area contributed by atoms with E-state index < -0.39 is 0 Å². The number of carbonyl (C=O) groups is 1. The molecule has 0 bridgehead atoms. The molecule has 1 N–H and O–H groups in total. The van der Waals surface area contributed by atoms with E-state index in [0.717, 1.165) is 17.7 Å². The van der Waals surface area contributed by atoms with Crippen molar-refractivity contribution < 1.29 is 9.90 Å². The van der Waals surface area contributed by atoms with Crippen LogP contribution in [0.15, 0.2) is 30.5 Å². The van der Waals surface area contributed by atoms with Gasteiger partial charge in [-0.1, -0.05) is 0 Å². The predicted octanol–water partition coefficient (Wildman–Crippen LogP) is 1.71. The minimum atomic E-state index is 0.118. The lowest BCUT2D eigenvalue weighted by molar-refractivity contribution is 0.0989. The van der Waals surface area contributed by atoms with Crippen LogP contribution >= 0.6 is 0 Å². The number of nitrogens with zero attached hydrogens (tertiary/aromatic N) is 2. The van der Waals surface area contributed by atoms with Crippen LogP contribution in [0.4, 0.5) is 0 Å². The molecule has 1 aromatic carbocycles. The summed E-state index contributed by atoms with van der Waals surface area (Å²) in [5, 5.41) is 13.4. The van der Waals surface area contributed by atoms with E-state index in [9.17, 15) is 9.90 Å². The van der Waals surface area contributed by atoms with E-state index in [1.165, 1.54) is 0 Å². The number of aryl methyl sites for hydroxylation is 1. The summed E-state index contributed by atoms with van der Waals surface area (Å²) < 4.78 is 1.68. The highest BCUT2D eigenvalue weighted by molar-refractivity contribution is 5.98. The van der Waals surface area contributed by atoms with Gasteiger partial charge in [0.25, 0.3) is 0 Å². The highest BCUT2D eigenvalue weighted by Crippen LogP contribution is 2.22. The first-order valence-electron chi connectivity index (χ1n) is 5.15. The zero-order valence-electron chi connectivity index (χ0n) is 8.55. The Kier molecular flexibility index (Phi) is 1.83. The van der Waals surface area contributed by atoms with Crippen LogP contribution in [0.1, 0.15) is 22.5 Å². The van der Waals surface area contributed by atoms with Crippen LogP contribution in [0.25, 0.3) is 5.69 Å². The van der Waals surface area contributed by atoms with Gasteiger partial charge in [-0.2, -0.15) is 5.10 Å². The second-order valence-corrected chi connectivity index (χ2v) is 3.89. The number of rotatable bonds is 1. The molecule has 4 nitrogen and oxygen atoms in total. The highest BCUT2D eigenvalue weighted by atomic mass is 16.3. The van der Waals surface area contributed by atoms with Crippen LogP contribution in [0.2, 0.25) is 0 Å². The smallest absolute Gasteiger partial charge is 0.183 e. The van der Waals surface area contributed by atoms with Crippen LogP contribution in [0, 0.1) is 0 Å². The molecule has 4 heteroatoms. The molecular weight excluding hydrogens is 204 g/mol. The largest absolute Gasteiger partial charge is 0.508 e. The number of fused-ring (bicyclic) bond motifs is 1. The number of phenolic OH excluding ortho intramolecular Hbond substituents is 1. The number of hydrogen-bond acceptors (Lipinski definition) is 3. The molecule has 2 aromatic rings. The van der Waals surface area contributed by atoms with Crippen molar-refractivity contribution in [2.45, 2.75) is 12.8 Å². The molecule has 0 amide bonds. The van der Waals surface area contributed by atoms with Gasteiger partial charge in [0.1, 0.15) is 11.4 Å². The second-order valence-electron chi connectivity index (χ2n) is 3.89. The molecule has 16 heavy (non-hydrogen) atoms. The molecular formula is C12H10N2O2. The Balaban J connectivity index is 2.05. The third-order valence-corrected chi connectivity index (χ3v) is 2.79. The predicted molar refractivity (Wildman–Crippen MR) is 57.9 cm³/mol. The number of aromatic nitrogens is 2. The van der Waals surface area contributed by atoms with E-state index in [2.05, 4.69) is 5.10 Å². The molecule has 3 rings (SSSR count). The first kappa shape index (κ1) is 9.15. The first-order chi connectivity index (χ1) is 7.74. The summed E-state index contributed by atoms with van der Waals surface area (Å²) in [4.78, 5) is 11.4. The molecule has 1 aromatic heterocycles. The Morgan fingerprint density at radius 2 is 1.94 bits per heavy atom. The lowest BCUT2D eigenvalue weighted by Crippen LogP contribution is -1.99. The molecule has 80 valence electrons. The van der Waals surface area contributed by atoms with Crippen molar-refractivity contribution in [3.05, 3.63) is 41.7 Å². The van der Waals surface area contributed by atoms with Crippen molar-refractivity contribution in [1.82, 2.24) is 9.78 Å². The van der Waals surface area contributed by atoms with E-state index in [4.69, 9.17) is 0 Å². The zero-order chi connectivity index (χ0) is 11.1. The SMILES string of the molecule is O=C1CCc2cn(-c3ccc(O)cc3)nc21. The van der Waals surface area contributed by atoms with E-state index in [1.807, 2.05) is 6.20 Å². The molecule has 0 aliphatic heterocycles. The quantitative estimate of drug-likeness (QED) is 0.786. The minimum Gasteiger partial charge on any atom is -0.508 e. The number of phenols is 1. The number of benzene rings is 1. The summed E-state index contributed by atoms with van der Waals surface area (Å²) in [6.45, 7) is 0. The molecule has 1 aliphatic rings. The maximum Gasteiger partial charge on any atom is 0.183 e. The minimum absolute atomic E-state index is 0.118. The summed E-state index contributed by atoms with van der Waals surface area (Å²) in [6, 6.07) is 6.73. The van der Waals surface area contributed by atoms with Crippen molar-refractivity contribution >= 4 is 5.78 Å². The van der Waals surface area contributed by atoms with Gasteiger partial charge in [0.15, 0.2) is 5.78 Å². The Labute approximate surface area is 92.1 Å². The van der Waals surface area contributed by atoms with Crippen molar-refractivity contribution in [2.75, 3.05) is 0 Å². The van der Waals surface area contributed by atoms with Crippen LogP contribution in [-0.4, -0.2) is 20.7 Å². The number of carbonyl (C=O) groups excluding carboxylic acids is 1. The molecule has 0 unspecified atom stereocenters. The standard InChI is InChI=1S/C12H10N2O2/c15-10-4-2-9(3-5-10)14-7-8-1-6-11(16)12(8)13-14/h2-5,7,15H,1,6H2. The maximum absolute atomic E-state index is 11.4. The monoisotopic (exact) mass is 214 g/mol. The van der Waals surface area contributed by atoms with Crippen LogP contribution in [0.5, 0.6) is 5.75 Å². The molecule has 0 saturated carbocycles. The molecule has 0 radical (unpaired) electrons. The maximum atomic E-state index is 11.4. The fourth-order valence-corrected chi connectivity index (χ4v) is 1.93. The summed E-state index contributed by atoms with van der Waals surface area (Å²) in [7, 11) is 0. The summed E-state index contributed by atoms with van der Waals surface area (Å²) >= 11 is 0. The summed E-state index contributed by atoms with van der Waals surface area (Å²) in [6.07, 6.45) is 3.24. The highest BCUT2D eigenvalue weighted by Gasteiger charge is 2.23. The number of aromatic hydroxyl groups is 1. The zero-order valence-corrected chi connectivity index (χ0v) is 8.55. The molecule has 0 atom stereocenters. The third-order valence-electron chi connectivity index (χ3n) is 2.79. The second kappa shape index (κ2) is 3.20. The molecule has 1 heterocycles. The lowest BCUT2D eigenvalue weighted by atomic mass is 10.3. The van der Waals surface area contributed by atoms with Crippen molar-refractivity contribution in [3.8, 4) is 11.4 Å². The number of hydrogen-bond donors (Lipinski definition) is 1. The van der Waals surface area contributed by atoms with Gasteiger partial charge in [0.05, 0.1) is 5.69 Å².